The summed E-state index contributed by atoms with van der Waals surface area (Å²) >= 11 is 6.30. The number of methoxy groups -OCH3 is 1. The van der Waals surface area contributed by atoms with Crippen molar-refractivity contribution in [1.29, 1.82) is 0 Å². The van der Waals surface area contributed by atoms with Gasteiger partial charge in [-0.15, -0.1) is 0 Å². The minimum absolute atomic E-state index is 0.200. The van der Waals surface area contributed by atoms with E-state index >= 15 is 0 Å². The Labute approximate surface area is 131 Å². The van der Waals surface area contributed by atoms with Crippen LogP contribution in [0.3, 0.4) is 0 Å². The van der Waals surface area contributed by atoms with Gasteiger partial charge in [-0.05, 0) is 35.9 Å². The van der Waals surface area contributed by atoms with Crippen molar-refractivity contribution >= 4 is 28.5 Å². The molecule has 5 heteroatoms. The van der Waals surface area contributed by atoms with Crippen LogP contribution in [0.25, 0.3) is 22.0 Å². The number of hydrogen-bond donors (Lipinski definition) is 1. The summed E-state index contributed by atoms with van der Waals surface area (Å²) in [7, 11) is 1.60. The van der Waals surface area contributed by atoms with Crippen molar-refractivity contribution in [2.45, 2.75) is 0 Å². The third-order valence-electron chi connectivity index (χ3n) is 3.45. The monoisotopic (exact) mass is 313 g/mol. The molecule has 0 spiro atoms. The van der Waals surface area contributed by atoms with Crippen molar-refractivity contribution in [1.82, 2.24) is 4.98 Å². The third kappa shape index (κ3) is 2.49. The van der Waals surface area contributed by atoms with Crippen molar-refractivity contribution in [2.24, 2.45) is 0 Å². The molecule has 0 unspecified atom stereocenters. The van der Waals surface area contributed by atoms with E-state index in [2.05, 4.69) is 4.98 Å². The summed E-state index contributed by atoms with van der Waals surface area (Å²) in [6.45, 7) is 0. The largest absolute Gasteiger partial charge is 0.497 e. The summed E-state index contributed by atoms with van der Waals surface area (Å²) in [6, 6.07) is 12.2. The summed E-state index contributed by atoms with van der Waals surface area (Å²) in [6.07, 6.45) is 1.57. The number of fused-ring (bicyclic) bond motifs is 1. The maximum atomic E-state index is 11.2. The molecule has 3 rings (SSSR count). The second kappa shape index (κ2) is 5.66. The first kappa shape index (κ1) is 14.4. The summed E-state index contributed by atoms with van der Waals surface area (Å²) < 4.78 is 5.15. The molecule has 3 aromatic rings. The molecule has 4 nitrogen and oxygen atoms in total. The number of carboxylic acids is 1. The van der Waals surface area contributed by atoms with Gasteiger partial charge in [0.15, 0.2) is 0 Å². The predicted molar refractivity (Wildman–Crippen MR) is 85.7 cm³/mol. The van der Waals surface area contributed by atoms with Gasteiger partial charge in [-0.1, -0.05) is 23.7 Å². The highest BCUT2D eigenvalue weighted by molar-refractivity contribution is 6.34. The zero-order valence-corrected chi connectivity index (χ0v) is 12.5. The lowest BCUT2D eigenvalue weighted by Crippen LogP contribution is -1.97. The number of nitrogens with zero attached hydrogens (tertiary/aromatic N) is 1. The number of pyridine rings is 1. The molecule has 110 valence electrons. The van der Waals surface area contributed by atoms with Crippen LogP contribution in [0, 0.1) is 0 Å². The van der Waals surface area contributed by atoms with Crippen molar-refractivity contribution in [2.75, 3.05) is 7.11 Å². The number of carboxylic acid groups (broad SMARTS) is 1. The fourth-order valence-corrected chi connectivity index (χ4v) is 2.61. The Balaban J connectivity index is 2.27. The Morgan fingerprint density at radius 1 is 1.18 bits per heavy atom. The smallest absolute Gasteiger partial charge is 0.335 e. The lowest BCUT2D eigenvalue weighted by molar-refractivity contribution is 0.0697. The molecule has 0 radical (unpaired) electrons. The molecule has 1 heterocycles. The number of halogens is 1. The van der Waals surface area contributed by atoms with E-state index in [0.29, 0.717) is 15.9 Å². The number of ether oxygens (including phenoxy) is 1. The summed E-state index contributed by atoms with van der Waals surface area (Å²) in [5, 5.41) is 10.4. The average molecular weight is 314 g/mol. The summed E-state index contributed by atoms with van der Waals surface area (Å²) in [4.78, 5) is 15.4. The summed E-state index contributed by atoms with van der Waals surface area (Å²) in [5.74, 6) is -0.244. The second-order valence-electron chi connectivity index (χ2n) is 4.75. The fourth-order valence-electron chi connectivity index (χ4n) is 2.35. The van der Waals surface area contributed by atoms with Gasteiger partial charge < -0.3 is 9.84 Å². The molecule has 0 atom stereocenters. The standard InChI is InChI=1S/C17H12ClNO3/c1-22-12-5-2-10(3-6-12)16-13-8-11(17(20)21)4-7-15(13)19-9-14(16)18/h2-9H,1H3,(H,20,21). The quantitative estimate of drug-likeness (QED) is 0.784. The molecule has 0 aliphatic carbocycles. The molecule has 2 aromatic carbocycles. The molecule has 1 aromatic heterocycles. The Kier molecular flexibility index (Phi) is 3.69. The first-order valence-corrected chi connectivity index (χ1v) is 6.94. The van der Waals surface area contributed by atoms with Crippen LogP contribution in [-0.2, 0) is 0 Å². The minimum atomic E-state index is -0.984. The van der Waals surface area contributed by atoms with Crippen LogP contribution >= 0.6 is 11.6 Å². The van der Waals surface area contributed by atoms with Gasteiger partial charge in [0.05, 0.1) is 23.2 Å². The number of aromatic nitrogens is 1. The first-order chi connectivity index (χ1) is 10.6. The molecule has 1 N–H and O–H groups in total. The normalized spacial score (nSPS) is 10.6. The van der Waals surface area contributed by atoms with Crippen LogP contribution in [0.2, 0.25) is 5.02 Å². The molecule has 22 heavy (non-hydrogen) atoms. The molecule has 0 amide bonds. The lowest BCUT2D eigenvalue weighted by atomic mass is 9.99. The molecule has 0 fully saturated rings. The van der Waals surface area contributed by atoms with Crippen molar-refractivity contribution in [3.8, 4) is 16.9 Å². The van der Waals surface area contributed by atoms with E-state index in [9.17, 15) is 9.90 Å². The number of hydrogen-bond acceptors (Lipinski definition) is 3. The van der Waals surface area contributed by atoms with Gasteiger partial charge in [0.1, 0.15) is 5.75 Å². The zero-order valence-electron chi connectivity index (χ0n) is 11.7. The highest BCUT2D eigenvalue weighted by atomic mass is 35.5. The Morgan fingerprint density at radius 2 is 1.91 bits per heavy atom. The predicted octanol–water partition coefficient (Wildman–Crippen LogP) is 4.26. The van der Waals surface area contributed by atoms with Crippen LogP contribution in [0.5, 0.6) is 5.75 Å². The van der Waals surface area contributed by atoms with Gasteiger partial charge >= 0.3 is 5.97 Å². The second-order valence-corrected chi connectivity index (χ2v) is 5.15. The molecule has 0 saturated carbocycles. The van der Waals surface area contributed by atoms with Gasteiger partial charge in [-0.25, -0.2) is 4.79 Å². The molecule has 0 saturated heterocycles. The minimum Gasteiger partial charge on any atom is -0.497 e. The van der Waals surface area contributed by atoms with E-state index in [1.54, 1.807) is 25.4 Å². The van der Waals surface area contributed by atoms with Gasteiger partial charge in [0, 0.05) is 17.1 Å². The zero-order chi connectivity index (χ0) is 15.7. The number of carbonyl (C=O) groups is 1. The average Bonchev–Trinajstić information content (AvgIpc) is 2.54. The van der Waals surface area contributed by atoms with Crippen LogP contribution in [-0.4, -0.2) is 23.2 Å². The number of aromatic carboxylic acids is 1. The van der Waals surface area contributed by atoms with Crippen molar-refractivity contribution < 1.29 is 14.6 Å². The van der Waals surface area contributed by atoms with E-state index in [1.165, 1.54) is 6.07 Å². The fraction of sp³-hybridized carbons (Fsp3) is 0.0588. The van der Waals surface area contributed by atoms with Gasteiger partial charge in [-0.3, -0.25) is 4.98 Å². The summed E-state index contributed by atoms with van der Waals surface area (Å²) in [5.41, 5.74) is 2.53. The van der Waals surface area contributed by atoms with Gasteiger partial charge in [0.2, 0.25) is 0 Å². The Morgan fingerprint density at radius 3 is 2.55 bits per heavy atom. The number of benzene rings is 2. The SMILES string of the molecule is COc1ccc(-c2c(Cl)cnc3ccc(C(=O)O)cc23)cc1. The highest BCUT2D eigenvalue weighted by Crippen LogP contribution is 2.35. The molecular formula is C17H12ClNO3. The Hall–Kier alpha value is -2.59. The van der Waals surface area contributed by atoms with E-state index in [0.717, 1.165) is 16.9 Å². The van der Waals surface area contributed by atoms with Crippen LogP contribution in [0.4, 0.5) is 0 Å². The molecular weight excluding hydrogens is 302 g/mol. The Bertz CT molecular complexity index is 860. The van der Waals surface area contributed by atoms with Gasteiger partial charge in [-0.2, -0.15) is 0 Å². The third-order valence-corrected chi connectivity index (χ3v) is 3.73. The molecule has 0 bridgehead atoms. The van der Waals surface area contributed by atoms with Crippen LogP contribution in [0.1, 0.15) is 10.4 Å². The maximum absolute atomic E-state index is 11.2. The number of rotatable bonds is 3. The van der Waals surface area contributed by atoms with Gasteiger partial charge in [0.25, 0.3) is 0 Å². The lowest BCUT2D eigenvalue weighted by Gasteiger charge is -2.10. The van der Waals surface area contributed by atoms with E-state index in [1.807, 2.05) is 24.3 Å². The molecule has 0 aliphatic rings. The van der Waals surface area contributed by atoms with E-state index in [4.69, 9.17) is 16.3 Å². The molecule has 0 aliphatic heterocycles. The van der Waals surface area contributed by atoms with E-state index in [-0.39, 0.29) is 5.56 Å². The topological polar surface area (TPSA) is 59.4 Å². The first-order valence-electron chi connectivity index (χ1n) is 6.56. The van der Waals surface area contributed by atoms with Crippen LogP contribution in [0.15, 0.2) is 48.7 Å². The van der Waals surface area contributed by atoms with E-state index < -0.39 is 5.97 Å². The van der Waals surface area contributed by atoms with Crippen LogP contribution < -0.4 is 4.74 Å². The van der Waals surface area contributed by atoms with Crippen molar-refractivity contribution in [3.63, 3.8) is 0 Å². The maximum Gasteiger partial charge on any atom is 0.335 e. The highest BCUT2D eigenvalue weighted by Gasteiger charge is 2.12. The van der Waals surface area contributed by atoms with Crippen molar-refractivity contribution in [3.05, 3.63) is 59.2 Å².